The van der Waals surface area contributed by atoms with Crippen LogP contribution in [-0.2, 0) is 16.0 Å². The van der Waals surface area contributed by atoms with E-state index in [1.54, 1.807) is 12.1 Å². The van der Waals surface area contributed by atoms with Crippen molar-refractivity contribution in [2.45, 2.75) is 32.7 Å². The first-order valence-electron chi connectivity index (χ1n) is 9.25. The Balaban J connectivity index is 1.76. The maximum Gasteiger partial charge on any atom is 0.257 e. The second-order valence-electron chi connectivity index (χ2n) is 7.00. The molecule has 1 fully saturated rings. The molecule has 1 N–H and O–H groups in total. The summed E-state index contributed by atoms with van der Waals surface area (Å²) in [6.07, 6.45) is 1.42. The van der Waals surface area contributed by atoms with Crippen LogP contribution in [-0.4, -0.2) is 56.3 Å². The summed E-state index contributed by atoms with van der Waals surface area (Å²) in [5.74, 6) is 1.09. The Labute approximate surface area is 156 Å². The molecule has 1 atom stereocenters. The van der Waals surface area contributed by atoms with Crippen LogP contribution in [0.15, 0.2) is 24.3 Å². The smallest absolute Gasteiger partial charge is 0.257 e. The van der Waals surface area contributed by atoms with Crippen molar-refractivity contribution < 1.29 is 14.3 Å². The van der Waals surface area contributed by atoms with Crippen LogP contribution in [0.4, 0.5) is 0 Å². The molecular weight excluding hydrogens is 330 g/mol. The third kappa shape index (κ3) is 7.03. The summed E-state index contributed by atoms with van der Waals surface area (Å²) >= 11 is 0. The fraction of sp³-hybridized carbons (Fsp3) is 0.600. The van der Waals surface area contributed by atoms with E-state index >= 15 is 0 Å². The van der Waals surface area contributed by atoms with E-state index in [9.17, 15) is 4.79 Å². The molecule has 142 valence electrons. The van der Waals surface area contributed by atoms with E-state index in [2.05, 4.69) is 30.1 Å². The topological polar surface area (TPSA) is 74.6 Å². The van der Waals surface area contributed by atoms with Crippen LogP contribution < -0.4 is 10.1 Å². The van der Waals surface area contributed by atoms with Gasteiger partial charge >= 0.3 is 0 Å². The van der Waals surface area contributed by atoms with Gasteiger partial charge in [-0.15, -0.1) is 0 Å². The van der Waals surface area contributed by atoms with Gasteiger partial charge in [-0.05, 0) is 30.0 Å². The van der Waals surface area contributed by atoms with Crippen LogP contribution in [0, 0.1) is 17.2 Å². The number of carbonyl (C=O) groups excluding carboxylic acids is 1. The Kier molecular flexibility index (Phi) is 8.39. The highest BCUT2D eigenvalue weighted by Gasteiger charge is 2.22. The Morgan fingerprint density at radius 1 is 1.31 bits per heavy atom. The zero-order valence-electron chi connectivity index (χ0n) is 15.7. The van der Waals surface area contributed by atoms with Gasteiger partial charge in [-0.3, -0.25) is 9.69 Å². The largest absolute Gasteiger partial charge is 0.484 e. The standard InChI is InChI=1S/C20H29N3O3/c1-16(2)13-18(23-9-11-25-12-10-23)14-22-20(24)15-26-19-5-3-17(4-6-19)7-8-21/h3-6,16,18H,7,9-15H2,1-2H3,(H,22,24). The first-order valence-corrected chi connectivity index (χ1v) is 9.25. The molecule has 0 bridgehead atoms. The monoisotopic (exact) mass is 359 g/mol. The molecule has 6 nitrogen and oxygen atoms in total. The minimum Gasteiger partial charge on any atom is -0.484 e. The number of carbonyl (C=O) groups is 1. The SMILES string of the molecule is CC(C)CC(CNC(=O)COc1ccc(CC#N)cc1)N1CCOCC1. The Morgan fingerprint density at radius 3 is 2.62 bits per heavy atom. The molecule has 6 heteroatoms. The summed E-state index contributed by atoms with van der Waals surface area (Å²) in [4.78, 5) is 14.5. The minimum absolute atomic E-state index is 0.00485. The molecule has 1 aliphatic heterocycles. The van der Waals surface area contributed by atoms with Crippen molar-refractivity contribution in [3.63, 3.8) is 0 Å². The maximum atomic E-state index is 12.1. The van der Waals surface area contributed by atoms with Gasteiger partial charge in [0.2, 0.25) is 0 Å². The summed E-state index contributed by atoms with van der Waals surface area (Å²) in [5, 5.41) is 11.7. The van der Waals surface area contributed by atoms with Gasteiger partial charge in [0.25, 0.3) is 5.91 Å². The van der Waals surface area contributed by atoms with E-state index in [0.29, 0.717) is 30.7 Å². The summed E-state index contributed by atoms with van der Waals surface area (Å²) in [6.45, 7) is 8.37. The molecule has 1 aliphatic rings. The van der Waals surface area contributed by atoms with Crippen LogP contribution in [0.5, 0.6) is 5.75 Å². The molecule has 1 unspecified atom stereocenters. The average Bonchev–Trinajstić information content (AvgIpc) is 2.65. The Morgan fingerprint density at radius 2 is 2.00 bits per heavy atom. The van der Waals surface area contributed by atoms with E-state index in [-0.39, 0.29) is 12.5 Å². The fourth-order valence-electron chi connectivity index (χ4n) is 3.07. The van der Waals surface area contributed by atoms with E-state index < -0.39 is 0 Å². The van der Waals surface area contributed by atoms with Crippen LogP contribution in [0.2, 0.25) is 0 Å². The van der Waals surface area contributed by atoms with Crippen molar-refractivity contribution >= 4 is 5.91 Å². The fourth-order valence-corrected chi connectivity index (χ4v) is 3.07. The molecule has 0 aliphatic carbocycles. The van der Waals surface area contributed by atoms with Crippen molar-refractivity contribution in [1.82, 2.24) is 10.2 Å². The van der Waals surface area contributed by atoms with Gasteiger partial charge in [-0.25, -0.2) is 0 Å². The lowest BCUT2D eigenvalue weighted by Crippen LogP contribution is -2.49. The summed E-state index contributed by atoms with van der Waals surface area (Å²) < 4.78 is 11.0. The van der Waals surface area contributed by atoms with E-state index in [0.717, 1.165) is 38.3 Å². The third-order valence-electron chi connectivity index (χ3n) is 4.42. The lowest BCUT2D eigenvalue weighted by molar-refractivity contribution is -0.123. The summed E-state index contributed by atoms with van der Waals surface area (Å²) in [6, 6.07) is 9.69. The first kappa shape index (κ1) is 20.2. The highest BCUT2D eigenvalue weighted by Crippen LogP contribution is 2.14. The number of nitrogens with one attached hydrogen (secondary N) is 1. The van der Waals surface area contributed by atoms with Gasteiger partial charge in [-0.2, -0.15) is 5.26 Å². The number of nitriles is 1. The van der Waals surface area contributed by atoms with Crippen molar-refractivity contribution in [3.8, 4) is 11.8 Å². The zero-order valence-corrected chi connectivity index (χ0v) is 15.7. The lowest BCUT2D eigenvalue weighted by Gasteiger charge is -2.35. The van der Waals surface area contributed by atoms with Crippen LogP contribution in [0.25, 0.3) is 0 Å². The molecule has 26 heavy (non-hydrogen) atoms. The minimum atomic E-state index is -0.117. The quantitative estimate of drug-likeness (QED) is 0.730. The summed E-state index contributed by atoms with van der Waals surface area (Å²) in [7, 11) is 0. The van der Waals surface area contributed by atoms with Crippen molar-refractivity contribution in [1.29, 1.82) is 5.26 Å². The van der Waals surface area contributed by atoms with E-state index in [1.807, 2.05) is 12.1 Å². The number of ether oxygens (including phenoxy) is 2. The molecule has 1 aromatic carbocycles. The highest BCUT2D eigenvalue weighted by molar-refractivity contribution is 5.77. The number of hydrogen-bond acceptors (Lipinski definition) is 5. The normalized spacial score (nSPS) is 16.1. The molecule has 2 rings (SSSR count). The van der Waals surface area contributed by atoms with Crippen LogP contribution in [0.1, 0.15) is 25.8 Å². The molecule has 1 heterocycles. The maximum absolute atomic E-state index is 12.1. The predicted octanol–water partition coefficient (Wildman–Crippen LogP) is 1.99. The average molecular weight is 359 g/mol. The molecule has 0 spiro atoms. The second kappa shape index (κ2) is 10.8. The molecule has 1 amide bonds. The Hall–Kier alpha value is -2.10. The van der Waals surface area contributed by atoms with Crippen LogP contribution in [0.3, 0.4) is 0 Å². The number of amides is 1. The molecule has 0 radical (unpaired) electrons. The van der Waals surface area contributed by atoms with Gasteiger partial charge in [-0.1, -0.05) is 26.0 Å². The van der Waals surface area contributed by atoms with Crippen molar-refractivity contribution in [3.05, 3.63) is 29.8 Å². The molecular formula is C20H29N3O3. The predicted molar refractivity (Wildman–Crippen MR) is 99.9 cm³/mol. The van der Waals surface area contributed by atoms with Crippen molar-refractivity contribution in [2.75, 3.05) is 39.5 Å². The first-order chi connectivity index (χ1) is 12.6. The van der Waals surface area contributed by atoms with Gasteiger partial charge < -0.3 is 14.8 Å². The number of morpholine rings is 1. The molecule has 1 saturated heterocycles. The number of nitrogens with zero attached hydrogens (tertiary/aromatic N) is 2. The Bertz CT molecular complexity index is 589. The van der Waals surface area contributed by atoms with Crippen LogP contribution >= 0.6 is 0 Å². The van der Waals surface area contributed by atoms with E-state index in [4.69, 9.17) is 14.7 Å². The molecule has 0 aromatic heterocycles. The number of benzene rings is 1. The zero-order chi connectivity index (χ0) is 18.8. The number of hydrogen-bond donors (Lipinski definition) is 1. The highest BCUT2D eigenvalue weighted by atomic mass is 16.5. The number of rotatable bonds is 9. The van der Waals surface area contributed by atoms with E-state index in [1.165, 1.54) is 0 Å². The summed E-state index contributed by atoms with van der Waals surface area (Å²) in [5.41, 5.74) is 0.936. The molecule has 0 saturated carbocycles. The third-order valence-corrected chi connectivity index (χ3v) is 4.42. The molecule has 1 aromatic rings. The van der Waals surface area contributed by atoms with Gasteiger partial charge in [0, 0.05) is 25.7 Å². The van der Waals surface area contributed by atoms with Gasteiger partial charge in [0.1, 0.15) is 5.75 Å². The van der Waals surface area contributed by atoms with Gasteiger partial charge in [0.15, 0.2) is 6.61 Å². The second-order valence-corrected chi connectivity index (χ2v) is 7.00. The lowest BCUT2D eigenvalue weighted by atomic mass is 10.0. The van der Waals surface area contributed by atoms with Gasteiger partial charge in [0.05, 0.1) is 25.7 Å². The van der Waals surface area contributed by atoms with Crippen molar-refractivity contribution in [2.24, 2.45) is 5.92 Å².